The van der Waals surface area contributed by atoms with Gasteiger partial charge < -0.3 is 14.5 Å². The van der Waals surface area contributed by atoms with Gasteiger partial charge in [0.1, 0.15) is 5.75 Å². The maximum absolute atomic E-state index is 12.3. The van der Waals surface area contributed by atoms with Crippen molar-refractivity contribution in [1.82, 2.24) is 4.98 Å². The zero-order valence-electron chi connectivity index (χ0n) is 15.3. The van der Waals surface area contributed by atoms with E-state index in [4.69, 9.17) is 9.47 Å². The molecule has 3 rings (SSSR count). The van der Waals surface area contributed by atoms with Gasteiger partial charge >= 0.3 is 5.97 Å². The van der Waals surface area contributed by atoms with Gasteiger partial charge in [0.15, 0.2) is 0 Å². The zero-order chi connectivity index (χ0) is 19.6. The van der Waals surface area contributed by atoms with Crippen LogP contribution in [0.4, 0.5) is 5.69 Å². The standard InChI is InChI=1S/C20H20N2O5/c1-4-13(19-14(20(23)27-3)6-5-7-18(19)26-2)16-11-21-17-9-8-12(22(24)25)10-15(16)17/h5-11,13,21H,4H2,1-3H3/t13-/m0/s1. The predicted molar refractivity (Wildman–Crippen MR) is 101 cm³/mol. The van der Waals surface area contributed by atoms with Crippen LogP contribution in [0.15, 0.2) is 42.6 Å². The summed E-state index contributed by atoms with van der Waals surface area (Å²) in [5.41, 5.74) is 2.81. The van der Waals surface area contributed by atoms with Crippen LogP contribution >= 0.6 is 0 Å². The third-order valence-electron chi connectivity index (χ3n) is 4.73. The van der Waals surface area contributed by atoms with Gasteiger partial charge in [-0.2, -0.15) is 0 Å². The Morgan fingerprint density at radius 3 is 2.67 bits per heavy atom. The number of nitrogens with zero attached hydrogens (tertiary/aromatic N) is 1. The molecular weight excluding hydrogens is 348 g/mol. The summed E-state index contributed by atoms with van der Waals surface area (Å²) in [6.07, 6.45) is 2.50. The highest BCUT2D eigenvalue weighted by Crippen LogP contribution is 2.40. The molecule has 0 spiro atoms. The van der Waals surface area contributed by atoms with E-state index in [2.05, 4.69) is 4.98 Å². The number of carbonyl (C=O) groups excluding carboxylic acids is 1. The van der Waals surface area contributed by atoms with Crippen LogP contribution in [-0.2, 0) is 4.74 Å². The van der Waals surface area contributed by atoms with E-state index < -0.39 is 10.9 Å². The first kappa shape index (κ1) is 18.4. The maximum Gasteiger partial charge on any atom is 0.338 e. The van der Waals surface area contributed by atoms with Crippen molar-refractivity contribution in [2.24, 2.45) is 0 Å². The van der Waals surface area contributed by atoms with Gasteiger partial charge in [0.25, 0.3) is 5.69 Å². The number of non-ortho nitro benzene ring substituents is 1. The fourth-order valence-corrected chi connectivity index (χ4v) is 3.48. The number of aromatic amines is 1. The zero-order valence-corrected chi connectivity index (χ0v) is 15.3. The van der Waals surface area contributed by atoms with Gasteiger partial charge in [-0.1, -0.05) is 13.0 Å². The molecule has 0 saturated heterocycles. The minimum Gasteiger partial charge on any atom is -0.496 e. The summed E-state index contributed by atoms with van der Waals surface area (Å²) in [5, 5.41) is 11.9. The number of rotatable bonds is 6. The fraction of sp³-hybridized carbons (Fsp3) is 0.250. The second-order valence-corrected chi connectivity index (χ2v) is 6.10. The van der Waals surface area contributed by atoms with Gasteiger partial charge in [0.05, 0.1) is 24.7 Å². The molecule has 1 heterocycles. The summed E-state index contributed by atoms with van der Waals surface area (Å²) in [6, 6.07) is 9.93. The molecular formula is C20H20N2O5. The minimum absolute atomic E-state index is 0.0198. The number of hydrogen-bond acceptors (Lipinski definition) is 5. The molecule has 0 fully saturated rings. The average Bonchev–Trinajstić information content (AvgIpc) is 3.11. The maximum atomic E-state index is 12.3. The number of ether oxygens (including phenoxy) is 2. The second-order valence-electron chi connectivity index (χ2n) is 6.10. The Hall–Kier alpha value is -3.35. The molecule has 0 unspecified atom stereocenters. The van der Waals surface area contributed by atoms with Gasteiger partial charge in [-0.3, -0.25) is 10.1 Å². The van der Waals surface area contributed by atoms with Gasteiger partial charge in [-0.15, -0.1) is 0 Å². The van der Waals surface area contributed by atoms with Gasteiger partial charge in [-0.25, -0.2) is 4.79 Å². The van der Waals surface area contributed by atoms with Crippen LogP contribution in [0, 0.1) is 10.1 Å². The van der Waals surface area contributed by atoms with E-state index >= 15 is 0 Å². The number of hydrogen-bond donors (Lipinski definition) is 1. The molecule has 27 heavy (non-hydrogen) atoms. The van der Waals surface area contributed by atoms with Gasteiger partial charge in [0.2, 0.25) is 0 Å². The molecule has 3 aromatic rings. The number of nitrogens with one attached hydrogen (secondary N) is 1. The normalized spacial score (nSPS) is 12.0. The van der Waals surface area contributed by atoms with E-state index in [1.165, 1.54) is 13.2 Å². The van der Waals surface area contributed by atoms with Crippen LogP contribution in [0.3, 0.4) is 0 Å². The highest BCUT2D eigenvalue weighted by molar-refractivity contribution is 5.93. The molecule has 0 aliphatic rings. The third-order valence-corrected chi connectivity index (χ3v) is 4.73. The van der Waals surface area contributed by atoms with E-state index in [0.29, 0.717) is 23.3 Å². The quantitative estimate of drug-likeness (QED) is 0.395. The molecule has 1 aromatic heterocycles. The molecule has 1 N–H and O–H groups in total. The van der Waals surface area contributed by atoms with Crippen LogP contribution in [0.25, 0.3) is 10.9 Å². The van der Waals surface area contributed by atoms with Crippen molar-refractivity contribution in [2.45, 2.75) is 19.3 Å². The molecule has 1 atom stereocenters. The van der Waals surface area contributed by atoms with Crippen molar-refractivity contribution in [3.05, 3.63) is 69.4 Å². The lowest BCUT2D eigenvalue weighted by Gasteiger charge is -2.21. The van der Waals surface area contributed by atoms with E-state index in [0.717, 1.165) is 16.5 Å². The van der Waals surface area contributed by atoms with Gasteiger partial charge in [0, 0.05) is 40.7 Å². The van der Waals surface area contributed by atoms with Crippen molar-refractivity contribution in [3.8, 4) is 5.75 Å². The summed E-state index contributed by atoms with van der Waals surface area (Å²) < 4.78 is 10.4. The molecule has 0 bridgehead atoms. The molecule has 140 valence electrons. The third kappa shape index (κ3) is 3.23. The number of H-pyrrole nitrogens is 1. The van der Waals surface area contributed by atoms with Crippen LogP contribution < -0.4 is 4.74 Å². The van der Waals surface area contributed by atoms with Crippen molar-refractivity contribution in [1.29, 1.82) is 0 Å². The Kier molecular flexibility index (Phi) is 5.12. The Morgan fingerprint density at radius 1 is 1.26 bits per heavy atom. The summed E-state index contributed by atoms with van der Waals surface area (Å²) in [4.78, 5) is 26.3. The molecule has 0 amide bonds. The van der Waals surface area contributed by atoms with E-state index in [1.54, 1.807) is 37.4 Å². The highest BCUT2D eigenvalue weighted by atomic mass is 16.6. The van der Waals surface area contributed by atoms with Crippen LogP contribution in [-0.4, -0.2) is 30.1 Å². The topological polar surface area (TPSA) is 94.5 Å². The molecule has 0 aliphatic carbocycles. The summed E-state index contributed by atoms with van der Waals surface area (Å²) in [7, 11) is 2.88. The first-order chi connectivity index (χ1) is 13.0. The Bertz CT molecular complexity index is 1010. The first-order valence-corrected chi connectivity index (χ1v) is 8.52. The predicted octanol–water partition coefficient (Wildman–Crippen LogP) is 4.41. The van der Waals surface area contributed by atoms with Crippen molar-refractivity contribution >= 4 is 22.6 Å². The van der Waals surface area contributed by atoms with Crippen LogP contribution in [0.2, 0.25) is 0 Å². The Morgan fingerprint density at radius 2 is 2.04 bits per heavy atom. The largest absolute Gasteiger partial charge is 0.496 e. The van der Waals surface area contributed by atoms with E-state index in [1.807, 2.05) is 13.1 Å². The monoisotopic (exact) mass is 368 g/mol. The average molecular weight is 368 g/mol. The van der Waals surface area contributed by atoms with E-state index in [9.17, 15) is 14.9 Å². The first-order valence-electron chi connectivity index (χ1n) is 8.52. The molecule has 7 nitrogen and oxygen atoms in total. The summed E-state index contributed by atoms with van der Waals surface area (Å²) in [6.45, 7) is 1.99. The summed E-state index contributed by atoms with van der Waals surface area (Å²) >= 11 is 0. The lowest BCUT2D eigenvalue weighted by molar-refractivity contribution is -0.384. The molecule has 0 aliphatic heterocycles. The SMILES string of the molecule is CC[C@H](c1c(OC)cccc1C(=O)OC)c1c[nH]c2ccc([N+](=O)[O-])cc12. The summed E-state index contributed by atoms with van der Waals surface area (Å²) in [5.74, 6) is -0.0799. The van der Waals surface area contributed by atoms with Crippen molar-refractivity contribution < 1.29 is 19.2 Å². The van der Waals surface area contributed by atoms with Gasteiger partial charge in [-0.05, 0) is 30.2 Å². The lowest BCUT2D eigenvalue weighted by atomic mass is 9.85. The lowest BCUT2D eigenvalue weighted by Crippen LogP contribution is -2.11. The fourth-order valence-electron chi connectivity index (χ4n) is 3.48. The second kappa shape index (κ2) is 7.49. The number of benzene rings is 2. The number of nitro benzene ring substituents is 1. The molecule has 0 saturated carbocycles. The Balaban J connectivity index is 2.25. The number of methoxy groups -OCH3 is 2. The number of carbonyl (C=O) groups is 1. The number of esters is 1. The number of nitro groups is 1. The molecule has 2 aromatic carbocycles. The van der Waals surface area contributed by atoms with E-state index in [-0.39, 0.29) is 11.6 Å². The van der Waals surface area contributed by atoms with Crippen LogP contribution in [0.1, 0.15) is 40.7 Å². The van der Waals surface area contributed by atoms with Crippen molar-refractivity contribution in [3.63, 3.8) is 0 Å². The number of fused-ring (bicyclic) bond motifs is 1. The highest BCUT2D eigenvalue weighted by Gasteiger charge is 2.26. The molecule has 7 heteroatoms. The van der Waals surface area contributed by atoms with Crippen LogP contribution in [0.5, 0.6) is 5.75 Å². The Labute approximate surface area is 156 Å². The minimum atomic E-state index is -0.451. The van der Waals surface area contributed by atoms with Crippen molar-refractivity contribution in [2.75, 3.05) is 14.2 Å². The molecule has 0 radical (unpaired) electrons. The smallest absolute Gasteiger partial charge is 0.338 e. The number of aromatic nitrogens is 1.